The molecule has 0 saturated carbocycles. The van der Waals surface area contributed by atoms with Crippen molar-refractivity contribution in [3.05, 3.63) is 53.1 Å². The minimum atomic E-state index is -0.382. The maximum atomic E-state index is 12.5. The highest BCUT2D eigenvalue weighted by Gasteiger charge is 2.30. The Labute approximate surface area is 217 Å². The van der Waals surface area contributed by atoms with Crippen LogP contribution in [0.2, 0.25) is 5.02 Å². The van der Waals surface area contributed by atoms with Crippen LogP contribution in [0.15, 0.2) is 42.5 Å². The number of thiocarbonyl (C=S) groups is 1. The number of halogens is 1. The molecular formula is C26H33ClN4O3S. The maximum Gasteiger partial charge on any atom is 0.257 e. The van der Waals surface area contributed by atoms with E-state index in [0.29, 0.717) is 48.2 Å². The van der Waals surface area contributed by atoms with E-state index in [0.717, 1.165) is 5.69 Å². The fourth-order valence-corrected chi connectivity index (χ4v) is 4.27. The van der Waals surface area contributed by atoms with E-state index in [9.17, 15) is 9.59 Å². The summed E-state index contributed by atoms with van der Waals surface area (Å²) in [5, 5.41) is 6.43. The summed E-state index contributed by atoms with van der Waals surface area (Å²) in [4.78, 5) is 29.1. The molecule has 0 unspecified atom stereocenters. The van der Waals surface area contributed by atoms with E-state index in [4.69, 9.17) is 28.6 Å². The second-order valence-electron chi connectivity index (χ2n) is 9.79. The molecule has 1 aliphatic heterocycles. The summed E-state index contributed by atoms with van der Waals surface area (Å²) in [7, 11) is 0. The monoisotopic (exact) mass is 516 g/mol. The van der Waals surface area contributed by atoms with Gasteiger partial charge in [0.25, 0.3) is 5.91 Å². The zero-order valence-corrected chi connectivity index (χ0v) is 22.4. The second-order valence-corrected chi connectivity index (χ2v) is 10.6. The predicted molar refractivity (Wildman–Crippen MR) is 146 cm³/mol. The summed E-state index contributed by atoms with van der Waals surface area (Å²) in [6.45, 7) is 12.5. The van der Waals surface area contributed by atoms with Gasteiger partial charge < -0.3 is 19.9 Å². The van der Waals surface area contributed by atoms with E-state index < -0.39 is 0 Å². The van der Waals surface area contributed by atoms with Crippen LogP contribution in [0.5, 0.6) is 5.75 Å². The van der Waals surface area contributed by atoms with Crippen LogP contribution in [0, 0.1) is 5.41 Å². The lowest BCUT2D eigenvalue weighted by atomic mass is 9.94. The van der Waals surface area contributed by atoms with Crippen LogP contribution in [0.4, 0.5) is 11.4 Å². The molecule has 0 bridgehead atoms. The van der Waals surface area contributed by atoms with Crippen molar-refractivity contribution >= 4 is 52.1 Å². The molecule has 7 nitrogen and oxygen atoms in total. The molecule has 2 aromatic carbocycles. The molecule has 2 amide bonds. The topological polar surface area (TPSA) is 73.9 Å². The van der Waals surface area contributed by atoms with E-state index in [1.807, 2.05) is 51.7 Å². The molecule has 9 heteroatoms. The van der Waals surface area contributed by atoms with Crippen molar-refractivity contribution in [2.45, 2.75) is 40.7 Å². The van der Waals surface area contributed by atoms with Crippen LogP contribution in [0.25, 0.3) is 0 Å². The number of rotatable bonds is 5. The molecule has 0 aliphatic carbocycles. The minimum Gasteiger partial charge on any atom is -0.491 e. The molecule has 1 heterocycles. The van der Waals surface area contributed by atoms with E-state index in [-0.39, 0.29) is 28.4 Å². The van der Waals surface area contributed by atoms with E-state index in [1.165, 1.54) is 0 Å². The lowest BCUT2D eigenvalue weighted by molar-refractivity contribution is -0.139. The first-order chi connectivity index (χ1) is 16.4. The van der Waals surface area contributed by atoms with Crippen molar-refractivity contribution in [3.63, 3.8) is 0 Å². The SMILES string of the molecule is CC(C)Oc1ccc(C(=O)NC(=S)Nc2ccc(N3CCN(C(=O)C(C)(C)C)CC3)c(Cl)c2)cc1. The van der Waals surface area contributed by atoms with Gasteiger partial charge in [-0.2, -0.15) is 0 Å². The van der Waals surface area contributed by atoms with Gasteiger partial charge in [-0.1, -0.05) is 32.4 Å². The molecule has 0 radical (unpaired) electrons. The van der Waals surface area contributed by atoms with Gasteiger partial charge in [0.15, 0.2) is 5.11 Å². The lowest BCUT2D eigenvalue weighted by Gasteiger charge is -2.39. The fourth-order valence-electron chi connectivity index (χ4n) is 3.76. The number of carbonyl (C=O) groups excluding carboxylic acids is 2. The molecule has 2 N–H and O–H groups in total. The maximum absolute atomic E-state index is 12.5. The number of benzene rings is 2. The molecule has 1 fully saturated rings. The fraction of sp³-hybridized carbons (Fsp3) is 0.423. The number of hydrogen-bond acceptors (Lipinski definition) is 5. The van der Waals surface area contributed by atoms with Gasteiger partial charge in [0.2, 0.25) is 5.91 Å². The number of hydrogen-bond donors (Lipinski definition) is 2. The Morgan fingerprint density at radius 3 is 2.20 bits per heavy atom. The van der Waals surface area contributed by atoms with Crippen LogP contribution in [0.1, 0.15) is 45.0 Å². The number of nitrogens with zero attached hydrogens (tertiary/aromatic N) is 2. The van der Waals surface area contributed by atoms with Crippen molar-refractivity contribution in [2.24, 2.45) is 5.41 Å². The summed E-state index contributed by atoms with van der Waals surface area (Å²) in [6.07, 6.45) is 0.0620. The van der Waals surface area contributed by atoms with Crippen LogP contribution < -0.4 is 20.3 Å². The first-order valence-electron chi connectivity index (χ1n) is 11.7. The van der Waals surface area contributed by atoms with Crippen LogP contribution >= 0.6 is 23.8 Å². The average molecular weight is 517 g/mol. The molecule has 0 atom stereocenters. The Kier molecular flexibility index (Phi) is 8.61. The third kappa shape index (κ3) is 7.32. The van der Waals surface area contributed by atoms with Gasteiger partial charge in [-0.25, -0.2) is 0 Å². The quantitative estimate of drug-likeness (QED) is 0.548. The normalized spacial score (nSPS) is 14.0. The molecule has 1 saturated heterocycles. The lowest BCUT2D eigenvalue weighted by Crippen LogP contribution is -2.51. The Morgan fingerprint density at radius 1 is 1.03 bits per heavy atom. The van der Waals surface area contributed by atoms with Crippen LogP contribution in [-0.4, -0.2) is 54.1 Å². The summed E-state index contributed by atoms with van der Waals surface area (Å²) in [5.74, 6) is 0.552. The molecule has 2 aromatic rings. The number of carbonyl (C=O) groups is 2. The van der Waals surface area contributed by atoms with Gasteiger partial charge in [0.05, 0.1) is 16.8 Å². The first-order valence-corrected chi connectivity index (χ1v) is 12.5. The molecule has 0 spiro atoms. The van der Waals surface area contributed by atoms with Crippen molar-refractivity contribution in [1.29, 1.82) is 0 Å². The third-order valence-corrected chi connectivity index (χ3v) is 5.98. The van der Waals surface area contributed by atoms with E-state index in [2.05, 4.69) is 15.5 Å². The van der Waals surface area contributed by atoms with Gasteiger partial charge in [0, 0.05) is 42.8 Å². The smallest absolute Gasteiger partial charge is 0.257 e. The molecule has 188 valence electrons. The van der Waals surface area contributed by atoms with Gasteiger partial charge >= 0.3 is 0 Å². The Hall–Kier alpha value is -2.84. The zero-order valence-electron chi connectivity index (χ0n) is 20.9. The second kappa shape index (κ2) is 11.3. The molecular weight excluding hydrogens is 484 g/mol. The largest absolute Gasteiger partial charge is 0.491 e. The van der Waals surface area contributed by atoms with Gasteiger partial charge in [0.1, 0.15) is 5.75 Å². The Morgan fingerprint density at radius 2 is 1.66 bits per heavy atom. The van der Waals surface area contributed by atoms with Gasteiger partial charge in [-0.05, 0) is 68.5 Å². The zero-order chi connectivity index (χ0) is 25.8. The number of amides is 2. The number of nitrogens with one attached hydrogen (secondary N) is 2. The number of anilines is 2. The highest BCUT2D eigenvalue weighted by molar-refractivity contribution is 7.80. The van der Waals surface area contributed by atoms with Gasteiger partial charge in [-0.15, -0.1) is 0 Å². The summed E-state index contributed by atoms with van der Waals surface area (Å²) in [5.41, 5.74) is 1.67. The standard InChI is InChI=1S/C26H33ClN4O3S/c1-17(2)34-20-9-6-18(7-10-20)23(32)29-25(35)28-19-8-11-22(21(27)16-19)30-12-14-31(15-13-30)24(33)26(3,4)5/h6-11,16-17H,12-15H2,1-5H3,(H2,28,29,32,35). The van der Waals surface area contributed by atoms with Crippen LogP contribution in [0.3, 0.4) is 0 Å². The van der Waals surface area contributed by atoms with Crippen LogP contribution in [-0.2, 0) is 4.79 Å². The van der Waals surface area contributed by atoms with Crippen molar-refractivity contribution in [1.82, 2.24) is 10.2 Å². The summed E-state index contributed by atoms with van der Waals surface area (Å²) in [6, 6.07) is 12.5. The van der Waals surface area contributed by atoms with Crippen molar-refractivity contribution in [2.75, 3.05) is 36.4 Å². The highest BCUT2D eigenvalue weighted by atomic mass is 35.5. The molecule has 3 rings (SSSR count). The van der Waals surface area contributed by atoms with Crippen molar-refractivity contribution in [3.8, 4) is 5.75 Å². The van der Waals surface area contributed by atoms with E-state index in [1.54, 1.807) is 30.3 Å². The summed E-state index contributed by atoms with van der Waals surface area (Å²) < 4.78 is 5.60. The molecule has 1 aliphatic rings. The number of ether oxygens (including phenoxy) is 1. The van der Waals surface area contributed by atoms with Crippen molar-refractivity contribution < 1.29 is 14.3 Å². The molecule has 35 heavy (non-hydrogen) atoms. The third-order valence-electron chi connectivity index (χ3n) is 5.47. The first kappa shape index (κ1) is 26.8. The average Bonchev–Trinajstić information content (AvgIpc) is 2.78. The number of piperazine rings is 1. The minimum absolute atomic E-state index is 0.0620. The van der Waals surface area contributed by atoms with Gasteiger partial charge in [-0.3, -0.25) is 14.9 Å². The Bertz CT molecular complexity index is 1070. The van der Waals surface area contributed by atoms with E-state index >= 15 is 0 Å². The summed E-state index contributed by atoms with van der Waals surface area (Å²) >= 11 is 11.9. The molecule has 0 aromatic heterocycles. The Balaban J connectivity index is 1.54. The predicted octanol–water partition coefficient (Wildman–Crippen LogP) is 4.95. The highest BCUT2D eigenvalue weighted by Crippen LogP contribution is 2.30.